The van der Waals surface area contributed by atoms with E-state index in [1.165, 1.54) is 11.1 Å². The Morgan fingerprint density at radius 1 is 1.16 bits per heavy atom. The molecule has 1 aliphatic carbocycles. The molecular formula is C26H26ClF3N6O2. The van der Waals surface area contributed by atoms with Gasteiger partial charge in [0.15, 0.2) is 23.4 Å². The second-order valence-electron chi connectivity index (χ2n) is 10.1. The summed E-state index contributed by atoms with van der Waals surface area (Å²) >= 11 is 6.79. The fourth-order valence-electron chi connectivity index (χ4n) is 5.32. The predicted octanol–water partition coefficient (Wildman–Crippen LogP) is 4.32. The van der Waals surface area contributed by atoms with E-state index >= 15 is 0 Å². The first-order valence-electron chi connectivity index (χ1n) is 12.2. The maximum Gasteiger partial charge on any atom is 0.232 e. The van der Waals surface area contributed by atoms with Gasteiger partial charge in [-0.05, 0) is 37.7 Å². The van der Waals surface area contributed by atoms with Gasteiger partial charge in [0.25, 0.3) is 0 Å². The molecule has 1 aromatic heterocycles. The van der Waals surface area contributed by atoms with E-state index in [9.17, 15) is 23.1 Å². The van der Waals surface area contributed by atoms with Crippen molar-refractivity contribution in [1.82, 2.24) is 19.9 Å². The summed E-state index contributed by atoms with van der Waals surface area (Å²) in [5.74, 6) is -3.59. The van der Waals surface area contributed by atoms with Crippen molar-refractivity contribution in [3.05, 3.63) is 64.6 Å². The molecule has 3 aromatic rings. The van der Waals surface area contributed by atoms with Gasteiger partial charge in [-0.15, -0.1) is 5.10 Å². The molecule has 2 heterocycles. The predicted molar refractivity (Wildman–Crippen MR) is 135 cm³/mol. The number of carbonyl (C=O) groups is 1. The molecule has 38 heavy (non-hydrogen) atoms. The number of nitrogens with zero attached hydrogens (tertiary/aromatic N) is 5. The molecule has 0 unspecified atom stereocenters. The van der Waals surface area contributed by atoms with Crippen LogP contribution in [0.25, 0.3) is 16.9 Å². The average Bonchev–Trinajstić information content (AvgIpc) is 3.33. The van der Waals surface area contributed by atoms with Crippen LogP contribution >= 0.6 is 11.6 Å². The van der Waals surface area contributed by atoms with E-state index in [1.807, 2.05) is 6.92 Å². The van der Waals surface area contributed by atoms with Crippen LogP contribution in [0.1, 0.15) is 45.1 Å². The highest BCUT2D eigenvalue weighted by molar-refractivity contribution is 6.34. The average molecular weight is 547 g/mol. The summed E-state index contributed by atoms with van der Waals surface area (Å²) < 4.78 is 42.3. The maximum atomic E-state index is 14.2. The van der Waals surface area contributed by atoms with Gasteiger partial charge in [-0.1, -0.05) is 41.9 Å². The Morgan fingerprint density at radius 2 is 1.89 bits per heavy atom. The minimum Gasteiger partial charge on any atom is -0.393 e. The molecule has 0 spiro atoms. The number of guanidine groups is 1. The Kier molecular flexibility index (Phi) is 6.68. The zero-order chi connectivity index (χ0) is 27.4. The summed E-state index contributed by atoms with van der Waals surface area (Å²) in [7, 11) is 0. The minimum atomic E-state index is -1.31. The lowest BCUT2D eigenvalue weighted by molar-refractivity contribution is -0.132. The van der Waals surface area contributed by atoms with Gasteiger partial charge in [-0.3, -0.25) is 9.69 Å². The van der Waals surface area contributed by atoms with Gasteiger partial charge in [-0.2, -0.15) is 0 Å². The number of amides is 1. The molecule has 1 fully saturated rings. The zero-order valence-electron chi connectivity index (χ0n) is 20.7. The first-order chi connectivity index (χ1) is 18.0. The molecule has 4 atom stereocenters. The lowest BCUT2D eigenvalue weighted by atomic mass is 9.82. The van der Waals surface area contributed by atoms with Crippen molar-refractivity contribution in [2.75, 3.05) is 0 Å². The van der Waals surface area contributed by atoms with Gasteiger partial charge in [0.2, 0.25) is 5.91 Å². The number of aliphatic hydroxyl groups excluding tert-OH is 1. The molecule has 2 aromatic carbocycles. The largest absolute Gasteiger partial charge is 0.393 e. The molecular weight excluding hydrogens is 521 g/mol. The number of halogens is 4. The number of nitrogens with two attached hydrogens (primary N) is 1. The highest BCUT2D eigenvalue weighted by Crippen LogP contribution is 2.42. The molecule has 1 amide bonds. The van der Waals surface area contributed by atoms with Crippen molar-refractivity contribution in [3.8, 4) is 16.9 Å². The van der Waals surface area contributed by atoms with Gasteiger partial charge in [0.1, 0.15) is 11.4 Å². The van der Waals surface area contributed by atoms with Crippen molar-refractivity contribution in [3.63, 3.8) is 0 Å². The first kappa shape index (κ1) is 26.2. The number of aromatic nitrogens is 3. The topological polar surface area (TPSA) is 110 Å². The van der Waals surface area contributed by atoms with Crippen LogP contribution in [0.15, 0.2) is 41.5 Å². The summed E-state index contributed by atoms with van der Waals surface area (Å²) in [4.78, 5) is 19.6. The smallest absolute Gasteiger partial charge is 0.232 e. The molecule has 2 aliphatic rings. The maximum absolute atomic E-state index is 14.2. The van der Waals surface area contributed by atoms with Crippen LogP contribution in [0.5, 0.6) is 0 Å². The monoisotopic (exact) mass is 546 g/mol. The fraction of sp³-hybridized carbons (Fsp3) is 0.385. The number of hydrogen-bond donors (Lipinski definition) is 2. The minimum absolute atomic E-state index is 0.0249. The van der Waals surface area contributed by atoms with Crippen LogP contribution in [-0.2, 0) is 10.3 Å². The molecule has 12 heteroatoms. The third-order valence-corrected chi connectivity index (χ3v) is 7.83. The quantitative estimate of drug-likeness (QED) is 0.474. The van der Waals surface area contributed by atoms with Crippen LogP contribution in [-0.4, -0.2) is 49.0 Å². The summed E-state index contributed by atoms with van der Waals surface area (Å²) in [6, 6.07) is 6.11. The van der Waals surface area contributed by atoms with Crippen molar-refractivity contribution in [1.29, 1.82) is 0 Å². The first-order valence-corrected chi connectivity index (χ1v) is 12.6. The molecule has 0 bridgehead atoms. The van der Waals surface area contributed by atoms with Crippen molar-refractivity contribution < 1.29 is 23.1 Å². The molecule has 8 nitrogen and oxygen atoms in total. The number of aliphatic hydroxyl groups is 1. The van der Waals surface area contributed by atoms with Gasteiger partial charge in [0.05, 0.1) is 29.3 Å². The Hall–Kier alpha value is -3.44. The van der Waals surface area contributed by atoms with Gasteiger partial charge in [-0.25, -0.2) is 22.8 Å². The molecule has 3 N–H and O–H groups in total. The lowest BCUT2D eigenvalue weighted by Crippen LogP contribution is -2.56. The Bertz CT molecular complexity index is 1450. The molecule has 5 rings (SSSR count). The van der Waals surface area contributed by atoms with Crippen LogP contribution in [0, 0.1) is 23.4 Å². The van der Waals surface area contributed by atoms with E-state index in [1.54, 1.807) is 25.1 Å². The second-order valence-corrected chi connectivity index (χ2v) is 10.5. The molecule has 0 radical (unpaired) electrons. The molecule has 0 saturated heterocycles. The number of carbonyl (C=O) groups excluding carboxylic acids is 1. The van der Waals surface area contributed by atoms with Crippen LogP contribution in [0.3, 0.4) is 0 Å². The highest BCUT2D eigenvalue weighted by Gasteiger charge is 2.43. The summed E-state index contributed by atoms with van der Waals surface area (Å²) in [6.45, 7) is 3.71. The Morgan fingerprint density at radius 3 is 2.61 bits per heavy atom. The highest BCUT2D eigenvalue weighted by atomic mass is 35.5. The number of aliphatic imine (C=N–C) groups is 1. The van der Waals surface area contributed by atoms with Crippen LogP contribution in [0.4, 0.5) is 13.2 Å². The van der Waals surface area contributed by atoms with E-state index in [0.717, 1.165) is 4.68 Å². The van der Waals surface area contributed by atoms with Gasteiger partial charge < -0.3 is 10.8 Å². The van der Waals surface area contributed by atoms with Gasteiger partial charge >= 0.3 is 0 Å². The lowest BCUT2D eigenvalue weighted by Gasteiger charge is -2.42. The van der Waals surface area contributed by atoms with E-state index in [2.05, 4.69) is 10.3 Å². The van der Waals surface area contributed by atoms with E-state index in [-0.39, 0.29) is 46.7 Å². The van der Waals surface area contributed by atoms with E-state index in [4.69, 9.17) is 22.3 Å². The number of rotatable bonds is 4. The van der Waals surface area contributed by atoms with E-state index in [0.29, 0.717) is 42.5 Å². The van der Waals surface area contributed by atoms with E-state index < -0.39 is 29.1 Å². The number of benzene rings is 2. The Labute approximate surface area is 221 Å². The summed E-state index contributed by atoms with van der Waals surface area (Å²) in [6.07, 6.45) is 2.82. The molecule has 1 aliphatic heterocycles. The third-order valence-electron chi connectivity index (χ3n) is 7.42. The standard InChI is InChI=1S/C26H26ClF3N6O2/c1-13-8-14(6-7-22(13)37)36-23(38)11-26(2,32-25(36)31)16-5-3-4-15(24(16)27)20-12-35(34-33-20)21-10-18(29)17(28)9-19(21)30/h3-5,9-10,12-14,22,37H,6-8,11H2,1-2H3,(H2,31,32)/t13-,14-,22+,26+/m1/s1. The molecule has 200 valence electrons. The van der Waals surface area contributed by atoms with Crippen LogP contribution in [0.2, 0.25) is 5.02 Å². The number of hydrogen-bond acceptors (Lipinski definition) is 6. The van der Waals surface area contributed by atoms with Crippen molar-refractivity contribution in [2.45, 2.75) is 57.2 Å². The third kappa shape index (κ3) is 4.54. The van der Waals surface area contributed by atoms with Gasteiger partial charge in [0, 0.05) is 23.7 Å². The fourth-order valence-corrected chi connectivity index (χ4v) is 5.75. The molecule has 1 saturated carbocycles. The SMILES string of the molecule is C[C@@H]1C[C@H](N2C(=O)C[C@@](C)(c3cccc(-c4cn(-c5cc(F)c(F)cc5F)nn4)c3Cl)N=C2N)CC[C@@H]1O. The summed E-state index contributed by atoms with van der Waals surface area (Å²) in [5.41, 5.74) is 6.16. The Balaban J connectivity index is 1.47. The van der Waals surface area contributed by atoms with Crippen LogP contribution < -0.4 is 5.73 Å². The zero-order valence-corrected chi connectivity index (χ0v) is 21.5. The van der Waals surface area contributed by atoms with Crippen molar-refractivity contribution in [2.24, 2.45) is 16.6 Å². The van der Waals surface area contributed by atoms with Crippen molar-refractivity contribution >= 4 is 23.5 Å². The second kappa shape index (κ2) is 9.70. The summed E-state index contributed by atoms with van der Waals surface area (Å²) in [5, 5.41) is 18.2. The normalized spacial score (nSPS) is 26.0.